The zero-order valence-corrected chi connectivity index (χ0v) is 7.22. The van der Waals surface area contributed by atoms with Crippen LogP contribution in [0.25, 0.3) is 0 Å². The smallest absolute Gasteiger partial charge is 0.102 e. The highest BCUT2D eigenvalue weighted by Gasteiger charge is 2.02. The number of nitrogens with one attached hydrogen (secondary N) is 1. The first-order valence-corrected chi connectivity index (χ1v) is 4.12. The van der Waals surface area contributed by atoms with Crippen LogP contribution in [0.5, 0.6) is 0 Å². The van der Waals surface area contributed by atoms with Gasteiger partial charge in [-0.25, -0.2) is 0 Å². The molecular formula is C8H19NO. The van der Waals surface area contributed by atoms with E-state index in [0.29, 0.717) is 0 Å². The minimum Gasteiger partial charge on any atom is -0.379 e. The molecule has 0 spiro atoms. The molecule has 0 rings (SSSR count). The summed E-state index contributed by atoms with van der Waals surface area (Å²) in [5.74, 6) is 0.717. The summed E-state index contributed by atoms with van der Waals surface area (Å²) in [5, 5.41) is 11.9. The number of aliphatic hydroxyl groups is 1. The lowest BCUT2D eigenvalue weighted by molar-refractivity contribution is 0.149. The van der Waals surface area contributed by atoms with Crippen molar-refractivity contribution in [1.29, 1.82) is 0 Å². The topological polar surface area (TPSA) is 32.3 Å². The lowest BCUT2D eigenvalue weighted by atomic mass is 10.0. The molecule has 0 heterocycles. The highest BCUT2D eigenvalue weighted by Crippen LogP contribution is 2.04. The van der Waals surface area contributed by atoms with Crippen LogP contribution >= 0.6 is 0 Å². The second-order valence-corrected chi connectivity index (χ2v) is 2.77. The maximum Gasteiger partial charge on any atom is 0.102 e. The normalized spacial score (nSPS) is 14.1. The second kappa shape index (κ2) is 5.69. The molecule has 1 atom stereocenters. The molecule has 0 aliphatic rings. The average molecular weight is 145 g/mol. The first-order chi connectivity index (χ1) is 4.70. The van der Waals surface area contributed by atoms with Crippen molar-refractivity contribution in [2.75, 3.05) is 6.54 Å². The third kappa shape index (κ3) is 4.77. The number of hydrogen-bond donors (Lipinski definition) is 2. The van der Waals surface area contributed by atoms with Gasteiger partial charge in [-0.3, -0.25) is 5.32 Å². The molecule has 0 saturated carbocycles. The van der Waals surface area contributed by atoms with Crippen LogP contribution in [0.15, 0.2) is 0 Å². The molecule has 1 unspecified atom stereocenters. The van der Waals surface area contributed by atoms with Gasteiger partial charge in [0.05, 0.1) is 0 Å². The SMILES string of the molecule is CCC(CC)CNC(C)O. The molecule has 0 saturated heterocycles. The fourth-order valence-corrected chi connectivity index (χ4v) is 0.915. The van der Waals surface area contributed by atoms with Crippen molar-refractivity contribution in [3.05, 3.63) is 0 Å². The Morgan fingerprint density at radius 3 is 2.10 bits per heavy atom. The Bertz CT molecular complexity index is 69.7. The van der Waals surface area contributed by atoms with E-state index in [0.717, 1.165) is 12.5 Å². The predicted octanol–water partition coefficient (Wildman–Crippen LogP) is 1.35. The Hall–Kier alpha value is -0.0800. The molecule has 2 nitrogen and oxygen atoms in total. The van der Waals surface area contributed by atoms with Gasteiger partial charge in [0.1, 0.15) is 6.23 Å². The van der Waals surface area contributed by atoms with Gasteiger partial charge in [0.2, 0.25) is 0 Å². The maximum absolute atomic E-state index is 8.88. The lowest BCUT2D eigenvalue weighted by Gasteiger charge is -2.14. The molecule has 62 valence electrons. The average Bonchev–Trinajstić information content (AvgIpc) is 1.90. The zero-order valence-electron chi connectivity index (χ0n) is 7.22. The lowest BCUT2D eigenvalue weighted by Crippen LogP contribution is -2.30. The molecule has 0 aliphatic carbocycles. The van der Waals surface area contributed by atoms with Crippen molar-refractivity contribution in [1.82, 2.24) is 5.32 Å². The Balaban J connectivity index is 3.26. The van der Waals surface area contributed by atoms with E-state index < -0.39 is 0 Å². The van der Waals surface area contributed by atoms with E-state index in [-0.39, 0.29) is 6.23 Å². The monoisotopic (exact) mass is 145 g/mol. The number of hydrogen-bond acceptors (Lipinski definition) is 2. The van der Waals surface area contributed by atoms with Crippen LogP contribution < -0.4 is 5.32 Å². The van der Waals surface area contributed by atoms with Crippen molar-refractivity contribution >= 4 is 0 Å². The quantitative estimate of drug-likeness (QED) is 0.572. The van der Waals surface area contributed by atoms with E-state index >= 15 is 0 Å². The van der Waals surface area contributed by atoms with Crippen LogP contribution in [0.2, 0.25) is 0 Å². The van der Waals surface area contributed by atoms with Crippen LogP contribution in [0.3, 0.4) is 0 Å². The van der Waals surface area contributed by atoms with Crippen LogP contribution in [0, 0.1) is 5.92 Å². The molecule has 0 aromatic heterocycles. The van der Waals surface area contributed by atoms with E-state index in [9.17, 15) is 0 Å². The third-order valence-corrected chi connectivity index (χ3v) is 1.86. The number of aliphatic hydroxyl groups excluding tert-OH is 1. The minimum absolute atomic E-state index is 0.361. The molecule has 0 fully saturated rings. The third-order valence-electron chi connectivity index (χ3n) is 1.86. The zero-order chi connectivity index (χ0) is 7.98. The Labute approximate surface area is 63.6 Å². The van der Waals surface area contributed by atoms with Gasteiger partial charge in [0.15, 0.2) is 0 Å². The van der Waals surface area contributed by atoms with E-state index in [1.54, 1.807) is 6.92 Å². The summed E-state index contributed by atoms with van der Waals surface area (Å²) in [6.07, 6.45) is 2.02. The van der Waals surface area contributed by atoms with Crippen molar-refractivity contribution in [3.63, 3.8) is 0 Å². The summed E-state index contributed by atoms with van der Waals surface area (Å²) in [4.78, 5) is 0. The highest BCUT2D eigenvalue weighted by molar-refractivity contribution is 4.58. The summed E-state index contributed by atoms with van der Waals surface area (Å²) in [5.41, 5.74) is 0. The van der Waals surface area contributed by atoms with Crippen LogP contribution in [0.4, 0.5) is 0 Å². The molecule has 0 aromatic rings. The summed E-state index contributed by atoms with van der Waals surface area (Å²) in [6.45, 7) is 7.04. The molecule has 10 heavy (non-hydrogen) atoms. The van der Waals surface area contributed by atoms with Crippen molar-refractivity contribution in [2.45, 2.75) is 39.8 Å². The second-order valence-electron chi connectivity index (χ2n) is 2.77. The predicted molar refractivity (Wildman–Crippen MR) is 43.8 cm³/mol. The summed E-state index contributed by atoms with van der Waals surface area (Å²) in [6, 6.07) is 0. The van der Waals surface area contributed by atoms with Gasteiger partial charge in [-0.05, 0) is 12.8 Å². The van der Waals surface area contributed by atoms with Crippen molar-refractivity contribution in [3.8, 4) is 0 Å². The molecule has 0 bridgehead atoms. The van der Waals surface area contributed by atoms with Gasteiger partial charge in [0, 0.05) is 6.54 Å². The molecule has 0 aliphatic heterocycles. The van der Waals surface area contributed by atoms with Gasteiger partial charge in [-0.15, -0.1) is 0 Å². The van der Waals surface area contributed by atoms with Crippen LogP contribution in [-0.4, -0.2) is 17.9 Å². The summed E-state index contributed by atoms with van der Waals surface area (Å²) in [7, 11) is 0. The number of rotatable bonds is 5. The summed E-state index contributed by atoms with van der Waals surface area (Å²) >= 11 is 0. The van der Waals surface area contributed by atoms with E-state index in [1.807, 2.05) is 0 Å². The van der Waals surface area contributed by atoms with E-state index in [1.165, 1.54) is 12.8 Å². The molecule has 0 amide bonds. The van der Waals surface area contributed by atoms with Gasteiger partial charge in [0.25, 0.3) is 0 Å². The van der Waals surface area contributed by atoms with E-state index in [2.05, 4.69) is 19.2 Å². The largest absolute Gasteiger partial charge is 0.379 e. The molecule has 0 aromatic carbocycles. The van der Waals surface area contributed by atoms with Crippen LogP contribution in [-0.2, 0) is 0 Å². The van der Waals surface area contributed by atoms with Gasteiger partial charge in [-0.2, -0.15) is 0 Å². The summed E-state index contributed by atoms with van der Waals surface area (Å²) < 4.78 is 0. The molecule has 2 heteroatoms. The fourth-order valence-electron chi connectivity index (χ4n) is 0.915. The maximum atomic E-state index is 8.88. The van der Waals surface area contributed by atoms with E-state index in [4.69, 9.17) is 5.11 Å². The van der Waals surface area contributed by atoms with Crippen molar-refractivity contribution < 1.29 is 5.11 Å². The minimum atomic E-state index is -0.361. The standard InChI is InChI=1S/C8H19NO/c1-4-8(5-2)6-9-7(3)10/h7-10H,4-6H2,1-3H3. The van der Waals surface area contributed by atoms with Gasteiger partial charge < -0.3 is 5.11 Å². The molecule has 2 N–H and O–H groups in total. The highest BCUT2D eigenvalue weighted by atomic mass is 16.3. The van der Waals surface area contributed by atoms with Crippen molar-refractivity contribution in [2.24, 2.45) is 5.92 Å². The van der Waals surface area contributed by atoms with Gasteiger partial charge in [-0.1, -0.05) is 26.7 Å². The Morgan fingerprint density at radius 2 is 1.80 bits per heavy atom. The van der Waals surface area contributed by atoms with Crippen LogP contribution in [0.1, 0.15) is 33.6 Å². The molecular weight excluding hydrogens is 126 g/mol. The van der Waals surface area contributed by atoms with Gasteiger partial charge >= 0.3 is 0 Å². The first-order valence-electron chi connectivity index (χ1n) is 4.12. The fraction of sp³-hybridized carbons (Fsp3) is 1.00. The molecule has 0 radical (unpaired) electrons. The Kier molecular flexibility index (Phi) is 5.64. The Morgan fingerprint density at radius 1 is 1.30 bits per heavy atom. The first kappa shape index (κ1) is 9.92.